The molecule has 8 nitrogen and oxygen atoms in total. The second kappa shape index (κ2) is 7.77. The average Bonchev–Trinajstić information content (AvgIpc) is 3.55. The van der Waals surface area contributed by atoms with E-state index >= 15 is 0 Å². The average molecular weight is 395 g/mol. The normalized spacial score (nSPS) is 23.3. The van der Waals surface area contributed by atoms with Crippen LogP contribution >= 0.6 is 0 Å². The van der Waals surface area contributed by atoms with Gasteiger partial charge >= 0.3 is 5.97 Å². The number of esters is 1. The van der Waals surface area contributed by atoms with Crippen LogP contribution in [0.5, 0.6) is 0 Å². The number of aromatic nitrogens is 3. The molecule has 3 atom stereocenters. The van der Waals surface area contributed by atoms with Gasteiger partial charge < -0.3 is 15.0 Å². The van der Waals surface area contributed by atoms with Crippen LogP contribution in [0.3, 0.4) is 0 Å². The summed E-state index contributed by atoms with van der Waals surface area (Å²) in [5, 5.41) is 3.42. The Labute approximate surface area is 169 Å². The number of fused-ring (bicyclic) bond motifs is 1. The lowest BCUT2D eigenvalue weighted by Crippen LogP contribution is -2.51. The summed E-state index contributed by atoms with van der Waals surface area (Å²) >= 11 is 0. The van der Waals surface area contributed by atoms with E-state index in [2.05, 4.69) is 27.2 Å². The lowest BCUT2D eigenvalue weighted by Gasteiger charge is -2.45. The Morgan fingerprint density at radius 3 is 2.59 bits per heavy atom. The van der Waals surface area contributed by atoms with Crippen LogP contribution in [0.15, 0.2) is 30.7 Å². The maximum atomic E-state index is 12.6. The smallest absolute Gasteiger partial charge is 0.356 e. The number of ether oxygens (including phenoxy) is 1. The van der Waals surface area contributed by atoms with Gasteiger partial charge in [0.15, 0.2) is 0 Å². The van der Waals surface area contributed by atoms with Crippen LogP contribution in [0.1, 0.15) is 55.7 Å². The Hall–Kier alpha value is -3.03. The van der Waals surface area contributed by atoms with E-state index < -0.39 is 5.97 Å². The van der Waals surface area contributed by atoms with Crippen molar-refractivity contribution in [2.24, 2.45) is 11.8 Å². The fraction of sp³-hybridized carbons (Fsp3) is 0.476. The molecule has 4 rings (SSSR count). The number of amides is 1. The first kappa shape index (κ1) is 19.3. The number of hydrogen-bond donors (Lipinski definition) is 1. The van der Waals surface area contributed by atoms with Crippen LogP contribution in [0, 0.1) is 11.8 Å². The third-order valence-corrected chi connectivity index (χ3v) is 5.65. The summed E-state index contributed by atoms with van der Waals surface area (Å²) in [4.78, 5) is 39.6. The molecule has 2 aromatic heterocycles. The Morgan fingerprint density at radius 1 is 1.24 bits per heavy atom. The van der Waals surface area contributed by atoms with Gasteiger partial charge in [-0.05, 0) is 37.8 Å². The molecule has 1 aliphatic heterocycles. The van der Waals surface area contributed by atoms with Gasteiger partial charge in [0, 0.05) is 36.8 Å². The van der Waals surface area contributed by atoms with Crippen molar-refractivity contribution in [1.82, 2.24) is 15.0 Å². The molecule has 2 aliphatic rings. The Balaban J connectivity index is 1.81. The maximum Gasteiger partial charge on any atom is 0.356 e. The van der Waals surface area contributed by atoms with Crippen molar-refractivity contribution in [3.63, 3.8) is 0 Å². The summed E-state index contributed by atoms with van der Waals surface area (Å²) in [5.74, 6) is 0.579. The SMILES string of the molecule is CCOC(=O)c1cc2c(cn1)N(C(C)=O)C(C1CC1)C(C)C2Nc1ncccn1. The predicted molar refractivity (Wildman–Crippen MR) is 107 cm³/mol. The number of carbonyl (C=O) groups is 2. The number of rotatable bonds is 5. The van der Waals surface area contributed by atoms with Crippen molar-refractivity contribution in [3.05, 3.63) is 42.0 Å². The summed E-state index contributed by atoms with van der Waals surface area (Å²) in [6.45, 7) is 5.75. The van der Waals surface area contributed by atoms with Crippen molar-refractivity contribution in [3.8, 4) is 0 Å². The number of nitrogens with one attached hydrogen (secondary N) is 1. The van der Waals surface area contributed by atoms with E-state index in [0.717, 1.165) is 24.1 Å². The molecule has 0 spiro atoms. The van der Waals surface area contributed by atoms with Crippen LogP contribution in [0.2, 0.25) is 0 Å². The van der Waals surface area contributed by atoms with E-state index in [0.29, 0.717) is 11.9 Å². The minimum Gasteiger partial charge on any atom is -0.461 e. The van der Waals surface area contributed by atoms with Crippen molar-refractivity contribution in [1.29, 1.82) is 0 Å². The fourth-order valence-corrected chi connectivity index (χ4v) is 4.29. The first-order valence-corrected chi connectivity index (χ1v) is 10.0. The molecule has 29 heavy (non-hydrogen) atoms. The zero-order valence-electron chi connectivity index (χ0n) is 16.8. The lowest BCUT2D eigenvalue weighted by molar-refractivity contribution is -0.117. The highest BCUT2D eigenvalue weighted by Crippen LogP contribution is 2.49. The Morgan fingerprint density at radius 2 is 1.97 bits per heavy atom. The standard InChI is InChI=1S/C21H25N5O3/c1-4-29-20(28)16-10-15-17(11-24-16)26(13(3)27)19(14-6-7-14)12(2)18(15)25-21-22-8-5-9-23-21/h5,8-12,14,18-19H,4,6-7H2,1-3H3,(H,22,23,25). The number of hydrogen-bond acceptors (Lipinski definition) is 7. The molecule has 2 aromatic rings. The topological polar surface area (TPSA) is 97.3 Å². The van der Waals surface area contributed by atoms with Crippen molar-refractivity contribution in [2.45, 2.75) is 45.7 Å². The summed E-state index contributed by atoms with van der Waals surface area (Å²) in [5.41, 5.74) is 1.79. The summed E-state index contributed by atoms with van der Waals surface area (Å²) in [6, 6.07) is 3.39. The monoisotopic (exact) mass is 395 g/mol. The zero-order valence-corrected chi connectivity index (χ0v) is 16.8. The fourth-order valence-electron chi connectivity index (χ4n) is 4.29. The van der Waals surface area contributed by atoms with Gasteiger partial charge in [0.05, 0.1) is 24.5 Å². The lowest BCUT2D eigenvalue weighted by atomic mass is 9.80. The maximum absolute atomic E-state index is 12.6. The predicted octanol–water partition coefficient (Wildman–Crippen LogP) is 2.98. The van der Waals surface area contributed by atoms with E-state index in [4.69, 9.17) is 4.74 Å². The number of carbonyl (C=O) groups excluding carboxylic acids is 2. The molecule has 152 valence electrons. The molecule has 1 aliphatic carbocycles. The van der Waals surface area contributed by atoms with Gasteiger partial charge in [0.25, 0.3) is 0 Å². The summed E-state index contributed by atoms with van der Waals surface area (Å²) in [6.07, 6.45) is 7.19. The van der Waals surface area contributed by atoms with Gasteiger partial charge in [0.2, 0.25) is 11.9 Å². The van der Waals surface area contributed by atoms with Crippen LogP contribution < -0.4 is 10.2 Å². The third kappa shape index (κ3) is 3.66. The molecular formula is C21H25N5O3. The van der Waals surface area contributed by atoms with E-state index in [1.165, 1.54) is 0 Å². The highest BCUT2D eigenvalue weighted by Gasteiger charge is 2.48. The van der Waals surface area contributed by atoms with Crippen LogP contribution in [-0.2, 0) is 9.53 Å². The van der Waals surface area contributed by atoms with Crippen LogP contribution in [0.25, 0.3) is 0 Å². The Kier molecular flexibility index (Phi) is 5.17. The second-order valence-electron chi connectivity index (χ2n) is 7.62. The number of nitrogens with zero attached hydrogens (tertiary/aromatic N) is 4. The molecule has 0 radical (unpaired) electrons. The molecule has 0 saturated heterocycles. The molecule has 1 amide bonds. The summed E-state index contributed by atoms with van der Waals surface area (Å²) in [7, 11) is 0. The van der Waals surface area contributed by atoms with E-state index in [1.807, 2.05) is 4.90 Å². The summed E-state index contributed by atoms with van der Waals surface area (Å²) < 4.78 is 5.12. The third-order valence-electron chi connectivity index (χ3n) is 5.65. The van der Waals surface area contributed by atoms with E-state index in [1.54, 1.807) is 44.6 Å². The van der Waals surface area contributed by atoms with Gasteiger partial charge in [-0.15, -0.1) is 0 Å². The van der Waals surface area contributed by atoms with Crippen LogP contribution in [-0.4, -0.2) is 39.5 Å². The highest BCUT2D eigenvalue weighted by atomic mass is 16.5. The molecule has 1 saturated carbocycles. The van der Waals surface area contributed by atoms with Gasteiger partial charge in [-0.3, -0.25) is 4.79 Å². The number of anilines is 2. The second-order valence-corrected chi connectivity index (χ2v) is 7.62. The zero-order chi connectivity index (χ0) is 20.5. The molecule has 1 fully saturated rings. The molecule has 3 heterocycles. The molecule has 8 heteroatoms. The van der Waals surface area contributed by atoms with Crippen molar-refractivity contribution >= 4 is 23.5 Å². The van der Waals surface area contributed by atoms with Crippen molar-refractivity contribution < 1.29 is 14.3 Å². The molecule has 3 unspecified atom stereocenters. The minimum atomic E-state index is -0.476. The highest BCUT2D eigenvalue weighted by molar-refractivity contribution is 5.95. The van der Waals surface area contributed by atoms with E-state index in [9.17, 15) is 9.59 Å². The van der Waals surface area contributed by atoms with Gasteiger partial charge in [-0.25, -0.2) is 19.7 Å². The van der Waals surface area contributed by atoms with E-state index in [-0.39, 0.29) is 36.2 Å². The quantitative estimate of drug-likeness (QED) is 0.777. The minimum absolute atomic E-state index is 0.0184. The molecule has 0 aromatic carbocycles. The molecular weight excluding hydrogens is 370 g/mol. The number of pyridine rings is 1. The van der Waals surface area contributed by atoms with Gasteiger partial charge in [-0.1, -0.05) is 6.92 Å². The molecule has 0 bridgehead atoms. The van der Waals surface area contributed by atoms with Crippen LogP contribution in [0.4, 0.5) is 11.6 Å². The first-order valence-electron chi connectivity index (χ1n) is 10.0. The largest absolute Gasteiger partial charge is 0.461 e. The Bertz CT molecular complexity index is 916. The first-order chi connectivity index (χ1) is 14.0. The van der Waals surface area contributed by atoms with Crippen molar-refractivity contribution in [2.75, 3.05) is 16.8 Å². The molecule has 1 N–H and O–H groups in total. The van der Waals surface area contributed by atoms with Gasteiger partial charge in [0.1, 0.15) is 5.69 Å². The van der Waals surface area contributed by atoms with Gasteiger partial charge in [-0.2, -0.15) is 0 Å².